The minimum Gasteiger partial charge on any atom is -0.309 e. The van der Waals surface area contributed by atoms with Crippen LogP contribution in [0.4, 0.5) is 0 Å². The van der Waals surface area contributed by atoms with Crippen LogP contribution in [0.15, 0.2) is 18.3 Å². The molecule has 0 fully saturated rings. The number of aromatic nitrogens is 1. The van der Waals surface area contributed by atoms with Gasteiger partial charge in [0, 0.05) is 30.1 Å². The molecule has 1 heterocycles. The summed E-state index contributed by atoms with van der Waals surface area (Å²) >= 11 is 1.92. The third-order valence-corrected chi connectivity index (χ3v) is 3.35. The molecular formula is C12H17N3S. The second-order valence-electron chi connectivity index (χ2n) is 3.56. The van der Waals surface area contributed by atoms with E-state index < -0.39 is 0 Å². The smallest absolute Gasteiger partial charge is 0.144 e. The number of rotatable bonds is 6. The summed E-state index contributed by atoms with van der Waals surface area (Å²) < 4.78 is 0. The molecule has 1 unspecified atom stereocenters. The maximum Gasteiger partial charge on any atom is 0.144 e. The van der Waals surface area contributed by atoms with Gasteiger partial charge in [0.1, 0.15) is 11.8 Å². The van der Waals surface area contributed by atoms with Gasteiger partial charge in [-0.15, -0.1) is 0 Å². The molecular weight excluding hydrogens is 218 g/mol. The standard InChI is InChI=1S/C12H17N3S/c1-3-16-9-10(2)15-8-11-5-4-6-14-12(11)7-13/h4-6,10,15H,3,8-9H2,1-2H3. The van der Waals surface area contributed by atoms with Crippen LogP contribution in [0.3, 0.4) is 0 Å². The fraction of sp³-hybridized carbons (Fsp3) is 0.500. The van der Waals surface area contributed by atoms with E-state index >= 15 is 0 Å². The van der Waals surface area contributed by atoms with Crippen molar-refractivity contribution in [3.05, 3.63) is 29.6 Å². The van der Waals surface area contributed by atoms with Crippen LogP contribution in [0, 0.1) is 11.3 Å². The number of nitrogens with zero attached hydrogens (tertiary/aromatic N) is 2. The number of hydrogen-bond acceptors (Lipinski definition) is 4. The lowest BCUT2D eigenvalue weighted by Crippen LogP contribution is -2.28. The van der Waals surface area contributed by atoms with Gasteiger partial charge in [-0.25, -0.2) is 4.98 Å². The molecule has 0 aliphatic heterocycles. The van der Waals surface area contributed by atoms with E-state index in [0.29, 0.717) is 18.3 Å². The predicted octanol–water partition coefficient (Wildman–Crippen LogP) is 2.18. The van der Waals surface area contributed by atoms with Gasteiger partial charge in [-0.2, -0.15) is 17.0 Å². The highest BCUT2D eigenvalue weighted by Gasteiger charge is 2.04. The van der Waals surface area contributed by atoms with Crippen molar-refractivity contribution >= 4 is 11.8 Å². The average molecular weight is 235 g/mol. The second-order valence-corrected chi connectivity index (χ2v) is 4.88. The summed E-state index contributed by atoms with van der Waals surface area (Å²) in [5, 5.41) is 12.3. The molecule has 0 radical (unpaired) electrons. The number of pyridine rings is 1. The Morgan fingerprint density at radius 1 is 1.62 bits per heavy atom. The Labute approximate surface area is 101 Å². The van der Waals surface area contributed by atoms with Crippen LogP contribution >= 0.6 is 11.8 Å². The van der Waals surface area contributed by atoms with Crippen molar-refractivity contribution in [1.29, 1.82) is 5.26 Å². The summed E-state index contributed by atoms with van der Waals surface area (Å²) in [6.45, 7) is 5.03. The monoisotopic (exact) mass is 235 g/mol. The first kappa shape index (κ1) is 13.0. The van der Waals surface area contributed by atoms with Gasteiger partial charge in [-0.3, -0.25) is 0 Å². The van der Waals surface area contributed by atoms with Crippen molar-refractivity contribution in [3.8, 4) is 6.07 Å². The molecule has 0 saturated carbocycles. The summed E-state index contributed by atoms with van der Waals surface area (Å²) in [5.74, 6) is 2.24. The first-order chi connectivity index (χ1) is 7.77. The summed E-state index contributed by atoms with van der Waals surface area (Å²) in [6, 6.07) is 6.37. The van der Waals surface area contributed by atoms with Gasteiger partial charge < -0.3 is 5.32 Å². The minimum atomic E-state index is 0.455. The van der Waals surface area contributed by atoms with Gasteiger partial charge >= 0.3 is 0 Å². The molecule has 4 heteroatoms. The Hall–Kier alpha value is -1.05. The Morgan fingerprint density at radius 3 is 3.12 bits per heavy atom. The molecule has 1 aromatic rings. The summed E-state index contributed by atoms with van der Waals surface area (Å²) in [5.41, 5.74) is 1.49. The van der Waals surface area contributed by atoms with E-state index in [4.69, 9.17) is 5.26 Å². The Morgan fingerprint density at radius 2 is 2.44 bits per heavy atom. The normalized spacial score (nSPS) is 12.1. The van der Waals surface area contributed by atoms with Crippen molar-refractivity contribution in [2.45, 2.75) is 26.4 Å². The maximum absolute atomic E-state index is 8.88. The maximum atomic E-state index is 8.88. The average Bonchev–Trinajstić information content (AvgIpc) is 2.34. The molecule has 86 valence electrons. The first-order valence-electron chi connectivity index (χ1n) is 5.43. The zero-order valence-electron chi connectivity index (χ0n) is 9.73. The lowest BCUT2D eigenvalue weighted by atomic mass is 10.2. The van der Waals surface area contributed by atoms with Crippen LogP contribution in [-0.4, -0.2) is 22.5 Å². The second kappa shape index (κ2) is 7.26. The van der Waals surface area contributed by atoms with E-state index in [1.165, 1.54) is 0 Å². The number of nitrogens with one attached hydrogen (secondary N) is 1. The predicted molar refractivity (Wildman–Crippen MR) is 68.3 cm³/mol. The molecule has 0 aliphatic rings. The molecule has 0 spiro atoms. The van der Waals surface area contributed by atoms with E-state index in [9.17, 15) is 0 Å². The van der Waals surface area contributed by atoms with Crippen LogP contribution in [0.2, 0.25) is 0 Å². The Kier molecular flexibility index (Phi) is 5.91. The van der Waals surface area contributed by atoms with Crippen molar-refractivity contribution in [1.82, 2.24) is 10.3 Å². The third-order valence-electron chi connectivity index (χ3n) is 2.21. The molecule has 0 aromatic carbocycles. The Bertz CT molecular complexity index is 360. The molecule has 16 heavy (non-hydrogen) atoms. The van der Waals surface area contributed by atoms with Gasteiger partial charge in [0.2, 0.25) is 0 Å². The quantitative estimate of drug-likeness (QED) is 0.821. The summed E-state index contributed by atoms with van der Waals surface area (Å²) in [7, 11) is 0. The van der Waals surface area contributed by atoms with Crippen LogP contribution in [0.1, 0.15) is 25.1 Å². The van der Waals surface area contributed by atoms with Gasteiger partial charge in [0.25, 0.3) is 0 Å². The molecule has 1 rings (SSSR count). The van der Waals surface area contributed by atoms with Crippen molar-refractivity contribution < 1.29 is 0 Å². The minimum absolute atomic E-state index is 0.455. The van der Waals surface area contributed by atoms with Gasteiger partial charge in [0.05, 0.1) is 0 Å². The van der Waals surface area contributed by atoms with E-state index in [0.717, 1.165) is 17.1 Å². The van der Waals surface area contributed by atoms with E-state index in [-0.39, 0.29) is 0 Å². The molecule has 0 amide bonds. The SMILES string of the molecule is CCSCC(C)NCc1cccnc1C#N. The number of hydrogen-bond donors (Lipinski definition) is 1. The van der Waals surface area contributed by atoms with Crippen LogP contribution in [-0.2, 0) is 6.54 Å². The van der Waals surface area contributed by atoms with E-state index in [2.05, 4.69) is 30.2 Å². The molecule has 1 atom stereocenters. The fourth-order valence-electron chi connectivity index (χ4n) is 1.32. The van der Waals surface area contributed by atoms with Gasteiger partial charge in [-0.05, 0) is 18.7 Å². The van der Waals surface area contributed by atoms with Gasteiger partial charge in [0.15, 0.2) is 0 Å². The van der Waals surface area contributed by atoms with Crippen LogP contribution in [0.5, 0.6) is 0 Å². The molecule has 1 aromatic heterocycles. The third kappa shape index (κ3) is 4.21. The van der Waals surface area contributed by atoms with Crippen molar-refractivity contribution in [2.75, 3.05) is 11.5 Å². The molecule has 3 nitrogen and oxygen atoms in total. The Balaban J connectivity index is 2.45. The van der Waals surface area contributed by atoms with Crippen LogP contribution in [0.25, 0.3) is 0 Å². The van der Waals surface area contributed by atoms with Crippen LogP contribution < -0.4 is 5.32 Å². The highest BCUT2D eigenvalue weighted by molar-refractivity contribution is 7.99. The van der Waals surface area contributed by atoms with Crippen molar-refractivity contribution in [2.24, 2.45) is 0 Å². The highest BCUT2D eigenvalue weighted by atomic mass is 32.2. The van der Waals surface area contributed by atoms with E-state index in [1.807, 2.05) is 23.9 Å². The van der Waals surface area contributed by atoms with Crippen molar-refractivity contribution in [3.63, 3.8) is 0 Å². The zero-order chi connectivity index (χ0) is 11.8. The molecule has 0 bridgehead atoms. The number of thioether (sulfide) groups is 1. The zero-order valence-corrected chi connectivity index (χ0v) is 10.5. The molecule has 0 saturated heterocycles. The first-order valence-corrected chi connectivity index (χ1v) is 6.58. The highest BCUT2D eigenvalue weighted by Crippen LogP contribution is 2.06. The van der Waals surface area contributed by atoms with E-state index in [1.54, 1.807) is 6.20 Å². The fourth-order valence-corrected chi connectivity index (χ4v) is 2.03. The summed E-state index contributed by atoms with van der Waals surface area (Å²) in [6.07, 6.45) is 1.65. The van der Waals surface area contributed by atoms with Gasteiger partial charge in [-0.1, -0.05) is 13.0 Å². The topological polar surface area (TPSA) is 48.7 Å². The lowest BCUT2D eigenvalue weighted by Gasteiger charge is -2.13. The molecule has 1 N–H and O–H groups in total. The lowest BCUT2D eigenvalue weighted by molar-refractivity contribution is 0.594. The number of nitriles is 1. The summed E-state index contributed by atoms with van der Waals surface area (Å²) in [4.78, 5) is 4.03. The largest absolute Gasteiger partial charge is 0.309 e. The molecule has 0 aliphatic carbocycles.